The third-order valence-electron chi connectivity index (χ3n) is 4.85. The number of amides is 2. The second kappa shape index (κ2) is 10.2. The molecule has 32 heavy (non-hydrogen) atoms. The lowest BCUT2D eigenvalue weighted by molar-refractivity contribution is -0.115. The number of aromatic carboxylic acids is 1. The Kier molecular flexibility index (Phi) is 7.33. The lowest BCUT2D eigenvalue weighted by Gasteiger charge is -2.14. The van der Waals surface area contributed by atoms with Crippen molar-refractivity contribution in [3.05, 3.63) is 89.0 Å². The molecule has 3 rings (SSSR count). The predicted octanol–water partition coefficient (Wildman–Crippen LogP) is 5.37. The number of carboxylic acid groups (broad SMARTS) is 1. The highest BCUT2D eigenvalue weighted by Crippen LogP contribution is 2.26. The topological polar surface area (TPSA) is 95.5 Å². The summed E-state index contributed by atoms with van der Waals surface area (Å²) in [5.41, 5.74) is 3.73. The van der Waals surface area contributed by atoms with Gasteiger partial charge in [-0.2, -0.15) is 0 Å². The number of carbonyl (C=O) groups excluding carboxylic acids is 2. The second-order valence-electron chi connectivity index (χ2n) is 7.43. The number of aryl methyl sites for hydroxylation is 2. The number of thioether (sulfide) groups is 1. The Labute approximate surface area is 191 Å². The van der Waals surface area contributed by atoms with E-state index < -0.39 is 11.2 Å². The molecule has 0 bridgehead atoms. The molecular weight excluding hydrogens is 424 g/mol. The Balaban J connectivity index is 1.59. The van der Waals surface area contributed by atoms with Gasteiger partial charge < -0.3 is 15.7 Å². The molecule has 0 heterocycles. The van der Waals surface area contributed by atoms with E-state index in [9.17, 15) is 14.4 Å². The second-order valence-corrected chi connectivity index (χ2v) is 8.84. The Morgan fingerprint density at radius 2 is 1.47 bits per heavy atom. The fourth-order valence-electron chi connectivity index (χ4n) is 2.91. The van der Waals surface area contributed by atoms with Gasteiger partial charge in [0.2, 0.25) is 5.91 Å². The summed E-state index contributed by atoms with van der Waals surface area (Å²) in [5, 5.41) is 14.4. The SMILES string of the molecule is Cc1ccc(C(=O)Nc2ccc(SC(C)C(=O)Nc3cc(C(=O)O)ccc3C)cc2)cc1. The molecule has 2 amide bonds. The first-order valence-electron chi connectivity index (χ1n) is 10.0. The van der Waals surface area contributed by atoms with E-state index in [0.717, 1.165) is 16.0 Å². The molecule has 0 aliphatic rings. The lowest BCUT2D eigenvalue weighted by atomic mass is 10.1. The largest absolute Gasteiger partial charge is 0.478 e. The third-order valence-corrected chi connectivity index (χ3v) is 5.96. The maximum absolute atomic E-state index is 12.6. The number of nitrogens with one attached hydrogen (secondary N) is 2. The fraction of sp³-hybridized carbons (Fsp3) is 0.160. The van der Waals surface area contributed by atoms with Crippen LogP contribution in [-0.2, 0) is 4.79 Å². The average Bonchev–Trinajstić information content (AvgIpc) is 2.76. The number of benzene rings is 3. The zero-order chi connectivity index (χ0) is 23.3. The van der Waals surface area contributed by atoms with Gasteiger partial charge in [0.15, 0.2) is 0 Å². The normalized spacial score (nSPS) is 11.5. The zero-order valence-corrected chi connectivity index (χ0v) is 18.8. The third kappa shape index (κ3) is 5.98. The molecule has 0 saturated heterocycles. The number of anilines is 2. The van der Waals surface area contributed by atoms with Crippen LogP contribution in [0.15, 0.2) is 71.6 Å². The molecule has 6 nitrogen and oxygen atoms in total. The Hall–Kier alpha value is -3.58. The molecule has 0 saturated carbocycles. The van der Waals surface area contributed by atoms with Gasteiger partial charge in [-0.1, -0.05) is 23.8 Å². The highest BCUT2D eigenvalue weighted by Gasteiger charge is 2.17. The summed E-state index contributed by atoms with van der Waals surface area (Å²) in [5.74, 6) is -1.45. The quantitative estimate of drug-likeness (QED) is 0.422. The van der Waals surface area contributed by atoms with E-state index in [4.69, 9.17) is 5.11 Å². The van der Waals surface area contributed by atoms with Gasteiger partial charge in [0.05, 0.1) is 10.8 Å². The monoisotopic (exact) mass is 448 g/mol. The van der Waals surface area contributed by atoms with Gasteiger partial charge in [0.1, 0.15) is 0 Å². The van der Waals surface area contributed by atoms with Gasteiger partial charge in [-0.3, -0.25) is 9.59 Å². The van der Waals surface area contributed by atoms with Crippen molar-refractivity contribution in [1.82, 2.24) is 0 Å². The van der Waals surface area contributed by atoms with Crippen molar-refractivity contribution in [2.45, 2.75) is 30.9 Å². The highest BCUT2D eigenvalue weighted by atomic mass is 32.2. The molecule has 0 radical (unpaired) electrons. The van der Waals surface area contributed by atoms with Gasteiger partial charge in [0.25, 0.3) is 5.91 Å². The summed E-state index contributed by atoms with van der Waals surface area (Å²) in [6, 6.07) is 19.2. The maximum atomic E-state index is 12.6. The summed E-state index contributed by atoms with van der Waals surface area (Å²) in [7, 11) is 0. The number of carboxylic acids is 1. The number of hydrogen-bond donors (Lipinski definition) is 3. The molecule has 7 heteroatoms. The van der Waals surface area contributed by atoms with E-state index in [2.05, 4.69) is 10.6 Å². The van der Waals surface area contributed by atoms with E-state index in [-0.39, 0.29) is 17.4 Å². The predicted molar refractivity (Wildman–Crippen MR) is 128 cm³/mol. The summed E-state index contributed by atoms with van der Waals surface area (Å²) < 4.78 is 0. The lowest BCUT2D eigenvalue weighted by Crippen LogP contribution is -2.23. The van der Waals surface area contributed by atoms with Crippen LogP contribution in [0.4, 0.5) is 11.4 Å². The smallest absolute Gasteiger partial charge is 0.335 e. The fourth-order valence-corrected chi connectivity index (χ4v) is 3.77. The average molecular weight is 449 g/mol. The molecule has 3 aromatic carbocycles. The summed E-state index contributed by atoms with van der Waals surface area (Å²) >= 11 is 1.37. The van der Waals surface area contributed by atoms with Crippen molar-refractivity contribution in [1.29, 1.82) is 0 Å². The molecule has 164 valence electrons. The highest BCUT2D eigenvalue weighted by molar-refractivity contribution is 8.00. The van der Waals surface area contributed by atoms with Crippen LogP contribution in [0.3, 0.4) is 0 Å². The van der Waals surface area contributed by atoms with Crippen LogP contribution in [0.2, 0.25) is 0 Å². The molecule has 3 N–H and O–H groups in total. The van der Waals surface area contributed by atoms with Gasteiger partial charge in [-0.15, -0.1) is 11.8 Å². The van der Waals surface area contributed by atoms with Crippen LogP contribution in [0.5, 0.6) is 0 Å². The summed E-state index contributed by atoms with van der Waals surface area (Å²) in [6.45, 7) is 5.56. The molecule has 0 fully saturated rings. The Morgan fingerprint density at radius 3 is 2.09 bits per heavy atom. The molecule has 3 aromatic rings. The summed E-state index contributed by atoms with van der Waals surface area (Å²) in [4.78, 5) is 37.0. The molecule has 0 aromatic heterocycles. The molecule has 1 unspecified atom stereocenters. The van der Waals surface area contributed by atoms with Crippen molar-refractivity contribution in [2.75, 3.05) is 10.6 Å². The molecule has 1 atom stereocenters. The minimum atomic E-state index is -1.04. The maximum Gasteiger partial charge on any atom is 0.335 e. The Morgan fingerprint density at radius 1 is 0.844 bits per heavy atom. The van der Waals surface area contributed by atoms with Crippen molar-refractivity contribution in [3.8, 4) is 0 Å². The molecule has 0 spiro atoms. The number of hydrogen-bond acceptors (Lipinski definition) is 4. The van der Waals surface area contributed by atoms with Crippen molar-refractivity contribution in [3.63, 3.8) is 0 Å². The van der Waals surface area contributed by atoms with Crippen LogP contribution in [0, 0.1) is 13.8 Å². The van der Waals surface area contributed by atoms with E-state index in [1.807, 2.05) is 38.1 Å². The first-order valence-corrected chi connectivity index (χ1v) is 10.9. The first kappa shape index (κ1) is 23.1. The van der Waals surface area contributed by atoms with E-state index in [0.29, 0.717) is 16.9 Å². The van der Waals surface area contributed by atoms with Crippen LogP contribution in [0.25, 0.3) is 0 Å². The standard InChI is InChI=1S/C25H24N2O4S/c1-15-4-7-18(8-5-15)24(29)26-20-10-12-21(13-11-20)32-17(3)23(28)27-22-14-19(25(30)31)9-6-16(22)2/h4-14,17H,1-3H3,(H,26,29)(H,27,28)(H,30,31). The van der Waals surface area contributed by atoms with E-state index >= 15 is 0 Å². The van der Waals surface area contributed by atoms with Crippen LogP contribution in [-0.4, -0.2) is 28.1 Å². The molecule has 0 aliphatic heterocycles. The minimum absolute atomic E-state index is 0.120. The van der Waals surface area contributed by atoms with Gasteiger partial charge in [-0.25, -0.2) is 4.79 Å². The van der Waals surface area contributed by atoms with Gasteiger partial charge >= 0.3 is 5.97 Å². The van der Waals surface area contributed by atoms with E-state index in [1.165, 1.54) is 23.9 Å². The number of rotatable bonds is 7. The van der Waals surface area contributed by atoms with Crippen molar-refractivity contribution < 1.29 is 19.5 Å². The van der Waals surface area contributed by atoms with Gasteiger partial charge in [-0.05, 0) is 74.9 Å². The minimum Gasteiger partial charge on any atom is -0.478 e. The van der Waals surface area contributed by atoms with Crippen LogP contribution >= 0.6 is 11.8 Å². The van der Waals surface area contributed by atoms with Crippen LogP contribution < -0.4 is 10.6 Å². The summed E-state index contributed by atoms with van der Waals surface area (Å²) in [6.07, 6.45) is 0. The first-order chi connectivity index (χ1) is 15.2. The zero-order valence-electron chi connectivity index (χ0n) is 18.0. The molecule has 0 aliphatic carbocycles. The van der Waals surface area contributed by atoms with Crippen LogP contribution in [0.1, 0.15) is 38.8 Å². The van der Waals surface area contributed by atoms with E-state index in [1.54, 1.807) is 37.3 Å². The Bertz CT molecular complexity index is 1140. The number of carbonyl (C=O) groups is 3. The van der Waals surface area contributed by atoms with Crippen molar-refractivity contribution in [2.24, 2.45) is 0 Å². The van der Waals surface area contributed by atoms with Crippen molar-refractivity contribution >= 4 is 40.9 Å². The molecular formula is C25H24N2O4S. The van der Waals surface area contributed by atoms with Gasteiger partial charge in [0, 0.05) is 21.8 Å².